The van der Waals surface area contributed by atoms with E-state index < -0.39 is 10.0 Å². The third-order valence-electron chi connectivity index (χ3n) is 3.44. The van der Waals surface area contributed by atoms with Gasteiger partial charge in [0, 0.05) is 18.2 Å². The first kappa shape index (κ1) is 19.4. The molecule has 1 rings (SSSR count). The molecule has 5 nitrogen and oxygen atoms in total. The molecule has 0 heterocycles. The van der Waals surface area contributed by atoms with Crippen molar-refractivity contribution >= 4 is 15.9 Å². The van der Waals surface area contributed by atoms with Crippen LogP contribution in [-0.4, -0.2) is 26.9 Å². The Morgan fingerprint density at radius 1 is 1.35 bits per heavy atom. The lowest BCUT2D eigenvalue weighted by molar-refractivity contribution is 0.0937. The van der Waals surface area contributed by atoms with E-state index in [-0.39, 0.29) is 23.4 Å². The van der Waals surface area contributed by atoms with E-state index in [4.69, 9.17) is 0 Å². The zero-order valence-corrected chi connectivity index (χ0v) is 14.7. The largest absolute Gasteiger partial charge is 0.350 e. The summed E-state index contributed by atoms with van der Waals surface area (Å²) in [6.07, 6.45) is 5.73. The molecular formula is C17H26N2O3S. The second-order valence-electron chi connectivity index (χ2n) is 5.54. The number of hydrogen-bond acceptors (Lipinski definition) is 3. The summed E-state index contributed by atoms with van der Waals surface area (Å²) in [5.41, 5.74) is 0.341. The van der Waals surface area contributed by atoms with Crippen molar-refractivity contribution in [2.24, 2.45) is 0 Å². The lowest BCUT2D eigenvalue weighted by Crippen LogP contribution is -2.32. The maximum absolute atomic E-state index is 12.2. The van der Waals surface area contributed by atoms with Crippen molar-refractivity contribution in [3.05, 3.63) is 42.5 Å². The van der Waals surface area contributed by atoms with Crippen LogP contribution in [0.3, 0.4) is 0 Å². The van der Waals surface area contributed by atoms with Crippen LogP contribution in [0.5, 0.6) is 0 Å². The Morgan fingerprint density at radius 3 is 2.74 bits per heavy atom. The van der Waals surface area contributed by atoms with Crippen molar-refractivity contribution in [1.82, 2.24) is 10.0 Å². The summed E-state index contributed by atoms with van der Waals surface area (Å²) in [5, 5.41) is 2.91. The average molecular weight is 338 g/mol. The number of rotatable bonds is 10. The normalized spacial score (nSPS) is 12.6. The summed E-state index contributed by atoms with van der Waals surface area (Å²) in [6.45, 7) is 7.71. The van der Waals surface area contributed by atoms with Crippen molar-refractivity contribution in [2.45, 2.75) is 50.5 Å². The van der Waals surface area contributed by atoms with Crippen LogP contribution in [0.15, 0.2) is 41.8 Å². The number of benzene rings is 1. The Balaban J connectivity index is 2.75. The highest BCUT2D eigenvalue weighted by Gasteiger charge is 2.16. The van der Waals surface area contributed by atoms with Gasteiger partial charge in [-0.2, -0.15) is 0 Å². The first-order valence-electron chi connectivity index (χ1n) is 7.92. The Labute approximate surface area is 139 Å². The first-order chi connectivity index (χ1) is 10.9. The molecule has 2 N–H and O–H groups in total. The third-order valence-corrected chi connectivity index (χ3v) is 4.86. The molecule has 0 spiro atoms. The predicted molar refractivity (Wildman–Crippen MR) is 92.9 cm³/mol. The maximum atomic E-state index is 12.2. The van der Waals surface area contributed by atoms with Crippen molar-refractivity contribution in [3.8, 4) is 0 Å². The molecule has 23 heavy (non-hydrogen) atoms. The van der Waals surface area contributed by atoms with Gasteiger partial charge in [-0.15, -0.1) is 6.58 Å². The molecule has 0 aromatic heterocycles. The molecule has 0 bridgehead atoms. The van der Waals surface area contributed by atoms with Crippen LogP contribution >= 0.6 is 0 Å². The Kier molecular flexibility index (Phi) is 7.98. The standard InChI is InChI=1S/C17H26N2O3S/c1-4-6-7-9-14(3)19-17(20)15-10-8-11-16(13-15)23(21,22)18-12-5-2/h5,8,10-11,13-14,18H,2,4,6-7,9,12H2,1,3H3,(H,19,20). The van der Waals surface area contributed by atoms with Crippen LogP contribution in [0.2, 0.25) is 0 Å². The van der Waals surface area contributed by atoms with E-state index in [0.717, 1.165) is 25.7 Å². The Hall–Kier alpha value is -1.66. The van der Waals surface area contributed by atoms with E-state index in [1.807, 2.05) is 6.92 Å². The molecule has 0 fully saturated rings. The zero-order chi connectivity index (χ0) is 17.3. The molecule has 0 radical (unpaired) electrons. The highest BCUT2D eigenvalue weighted by Crippen LogP contribution is 2.12. The number of hydrogen-bond donors (Lipinski definition) is 2. The SMILES string of the molecule is C=CCNS(=O)(=O)c1cccc(C(=O)NC(C)CCCCC)c1. The molecule has 0 aliphatic heterocycles. The maximum Gasteiger partial charge on any atom is 0.251 e. The number of carbonyl (C=O) groups is 1. The van der Waals surface area contributed by atoms with Crippen LogP contribution < -0.4 is 10.0 Å². The smallest absolute Gasteiger partial charge is 0.251 e. The molecule has 1 amide bonds. The van der Waals surface area contributed by atoms with Crippen molar-refractivity contribution in [1.29, 1.82) is 0 Å². The van der Waals surface area contributed by atoms with Gasteiger partial charge in [-0.3, -0.25) is 4.79 Å². The highest BCUT2D eigenvalue weighted by molar-refractivity contribution is 7.89. The monoisotopic (exact) mass is 338 g/mol. The fourth-order valence-corrected chi connectivity index (χ4v) is 3.18. The Bertz CT molecular complexity index is 626. The molecule has 6 heteroatoms. The van der Waals surface area contributed by atoms with Gasteiger partial charge in [-0.1, -0.05) is 38.3 Å². The van der Waals surface area contributed by atoms with Crippen LogP contribution in [0.1, 0.15) is 49.9 Å². The van der Waals surface area contributed by atoms with Gasteiger partial charge in [0.15, 0.2) is 0 Å². The van der Waals surface area contributed by atoms with E-state index in [1.165, 1.54) is 18.2 Å². The van der Waals surface area contributed by atoms with Gasteiger partial charge in [0.05, 0.1) is 4.90 Å². The number of carbonyl (C=O) groups excluding carboxylic acids is 1. The molecule has 1 aromatic carbocycles. The van der Waals surface area contributed by atoms with Crippen LogP contribution in [0.4, 0.5) is 0 Å². The lowest BCUT2D eigenvalue weighted by Gasteiger charge is -2.14. The minimum atomic E-state index is -3.63. The summed E-state index contributed by atoms with van der Waals surface area (Å²) in [5.74, 6) is -0.255. The third kappa shape index (κ3) is 6.54. The van der Waals surface area contributed by atoms with Crippen molar-refractivity contribution < 1.29 is 13.2 Å². The summed E-state index contributed by atoms with van der Waals surface area (Å²) < 4.78 is 26.5. The minimum absolute atomic E-state index is 0.0632. The predicted octanol–water partition coefficient (Wildman–Crippen LogP) is 2.85. The van der Waals surface area contributed by atoms with E-state index in [2.05, 4.69) is 23.5 Å². The van der Waals surface area contributed by atoms with Crippen LogP contribution in [0.25, 0.3) is 0 Å². The summed E-state index contributed by atoms with van der Waals surface area (Å²) in [7, 11) is -3.63. The van der Waals surface area contributed by atoms with E-state index in [0.29, 0.717) is 5.56 Å². The molecule has 1 atom stereocenters. The summed E-state index contributed by atoms with van der Waals surface area (Å²) in [6, 6.07) is 6.10. The number of sulfonamides is 1. The zero-order valence-electron chi connectivity index (χ0n) is 13.8. The fourth-order valence-electron chi connectivity index (χ4n) is 2.14. The summed E-state index contributed by atoms with van der Waals surface area (Å²) in [4.78, 5) is 12.3. The second-order valence-corrected chi connectivity index (χ2v) is 7.31. The van der Waals surface area contributed by atoms with E-state index in [9.17, 15) is 13.2 Å². The first-order valence-corrected chi connectivity index (χ1v) is 9.40. The number of nitrogens with one attached hydrogen (secondary N) is 2. The van der Waals surface area contributed by atoms with Gasteiger partial charge < -0.3 is 5.32 Å². The van der Waals surface area contributed by atoms with Gasteiger partial charge in [-0.05, 0) is 31.5 Å². The van der Waals surface area contributed by atoms with Crippen LogP contribution in [-0.2, 0) is 10.0 Å². The van der Waals surface area contributed by atoms with Gasteiger partial charge in [0.2, 0.25) is 10.0 Å². The lowest BCUT2D eigenvalue weighted by atomic mass is 10.1. The number of amides is 1. The molecule has 0 saturated carbocycles. The van der Waals surface area contributed by atoms with Gasteiger partial charge in [0.1, 0.15) is 0 Å². The minimum Gasteiger partial charge on any atom is -0.350 e. The molecular weight excluding hydrogens is 312 g/mol. The van der Waals surface area contributed by atoms with Crippen LogP contribution in [0, 0.1) is 0 Å². The molecule has 0 aliphatic carbocycles. The van der Waals surface area contributed by atoms with Crippen molar-refractivity contribution in [3.63, 3.8) is 0 Å². The van der Waals surface area contributed by atoms with Gasteiger partial charge >= 0.3 is 0 Å². The van der Waals surface area contributed by atoms with E-state index >= 15 is 0 Å². The topological polar surface area (TPSA) is 75.3 Å². The van der Waals surface area contributed by atoms with Gasteiger partial charge in [0.25, 0.3) is 5.91 Å². The Morgan fingerprint density at radius 2 is 2.09 bits per heavy atom. The average Bonchev–Trinajstić information content (AvgIpc) is 2.53. The fraction of sp³-hybridized carbons (Fsp3) is 0.471. The molecule has 0 aliphatic rings. The summed E-state index contributed by atoms with van der Waals surface area (Å²) >= 11 is 0. The molecule has 1 unspecified atom stereocenters. The molecule has 0 saturated heterocycles. The van der Waals surface area contributed by atoms with E-state index in [1.54, 1.807) is 12.1 Å². The molecule has 128 valence electrons. The quantitative estimate of drug-likeness (QED) is 0.509. The highest BCUT2D eigenvalue weighted by atomic mass is 32.2. The molecule has 1 aromatic rings. The van der Waals surface area contributed by atoms with Gasteiger partial charge in [-0.25, -0.2) is 13.1 Å². The number of unbranched alkanes of at least 4 members (excludes halogenated alkanes) is 2. The second kappa shape index (κ2) is 9.47. The van der Waals surface area contributed by atoms with Crippen molar-refractivity contribution in [2.75, 3.05) is 6.54 Å².